The molecule has 6 N–H and O–H groups in total. The minimum absolute atomic E-state index is 0.199. The Bertz CT molecular complexity index is 318. The van der Waals surface area contributed by atoms with Gasteiger partial charge in [-0.1, -0.05) is 6.92 Å². The summed E-state index contributed by atoms with van der Waals surface area (Å²) in [6.07, 6.45) is 2.06. The third-order valence-electron chi connectivity index (χ3n) is 1.86. The van der Waals surface area contributed by atoms with Crippen molar-refractivity contribution in [2.45, 2.75) is 12.2 Å². The first kappa shape index (κ1) is 11.9. The average Bonchev–Trinajstić information content (AvgIpc) is 2.25. The lowest BCUT2D eigenvalue weighted by Crippen LogP contribution is -2.16. The standard InChI is InChI=1S/C8H16N6S/c1-5(15-2)4-11-6-3-7(14-10)13-8(9)12-6/h3,5H,4,10H2,1-2H3,(H4,9,11,12,13,14). The molecule has 6 nitrogen and oxygen atoms in total. The van der Waals surface area contributed by atoms with Crippen molar-refractivity contribution in [2.24, 2.45) is 5.84 Å². The van der Waals surface area contributed by atoms with Crippen LogP contribution in [0.2, 0.25) is 0 Å². The van der Waals surface area contributed by atoms with Crippen LogP contribution in [0.15, 0.2) is 6.07 Å². The van der Waals surface area contributed by atoms with Gasteiger partial charge in [-0.05, 0) is 6.26 Å². The summed E-state index contributed by atoms with van der Waals surface area (Å²) in [6, 6.07) is 1.71. The largest absolute Gasteiger partial charge is 0.369 e. The average molecular weight is 228 g/mol. The second-order valence-electron chi connectivity index (χ2n) is 3.07. The summed E-state index contributed by atoms with van der Waals surface area (Å²) in [4.78, 5) is 7.92. The molecule has 1 aromatic heterocycles. The predicted octanol–water partition coefficient (Wildman–Crippen LogP) is 0.508. The number of aromatic nitrogens is 2. The lowest BCUT2D eigenvalue weighted by atomic mass is 10.4. The zero-order valence-electron chi connectivity index (χ0n) is 8.82. The molecule has 0 amide bonds. The van der Waals surface area contributed by atoms with Gasteiger partial charge < -0.3 is 16.5 Å². The van der Waals surface area contributed by atoms with E-state index in [0.717, 1.165) is 6.54 Å². The Hall–Kier alpha value is -1.21. The number of hydrogen-bond donors (Lipinski definition) is 4. The van der Waals surface area contributed by atoms with E-state index in [2.05, 4.69) is 33.9 Å². The quantitative estimate of drug-likeness (QED) is 0.430. The number of nitrogens with zero attached hydrogens (tertiary/aromatic N) is 2. The highest BCUT2D eigenvalue weighted by Crippen LogP contribution is 2.12. The topological polar surface area (TPSA) is 102 Å². The molecule has 84 valence electrons. The maximum absolute atomic E-state index is 5.51. The number of anilines is 3. The van der Waals surface area contributed by atoms with Gasteiger partial charge in [0.25, 0.3) is 0 Å². The van der Waals surface area contributed by atoms with Gasteiger partial charge >= 0.3 is 0 Å². The Morgan fingerprint density at radius 3 is 2.73 bits per heavy atom. The van der Waals surface area contributed by atoms with Crippen molar-refractivity contribution in [3.8, 4) is 0 Å². The molecule has 0 saturated carbocycles. The Morgan fingerprint density at radius 2 is 2.13 bits per heavy atom. The number of nitrogens with one attached hydrogen (secondary N) is 2. The highest BCUT2D eigenvalue weighted by Gasteiger charge is 2.03. The van der Waals surface area contributed by atoms with Gasteiger partial charge in [0.15, 0.2) is 0 Å². The maximum atomic E-state index is 5.51. The van der Waals surface area contributed by atoms with E-state index in [1.807, 2.05) is 0 Å². The molecule has 1 rings (SSSR count). The van der Waals surface area contributed by atoms with E-state index in [1.165, 1.54) is 0 Å². The second-order valence-corrected chi connectivity index (χ2v) is 4.34. The predicted molar refractivity (Wildman–Crippen MR) is 65.7 cm³/mol. The van der Waals surface area contributed by atoms with Crippen LogP contribution in [-0.2, 0) is 0 Å². The first-order valence-electron chi connectivity index (χ1n) is 4.53. The van der Waals surface area contributed by atoms with E-state index in [-0.39, 0.29) is 5.95 Å². The Kier molecular flexibility index (Phi) is 4.44. The van der Waals surface area contributed by atoms with Gasteiger partial charge in [-0.25, -0.2) is 5.84 Å². The molecule has 15 heavy (non-hydrogen) atoms. The first-order valence-corrected chi connectivity index (χ1v) is 5.82. The zero-order chi connectivity index (χ0) is 11.3. The minimum Gasteiger partial charge on any atom is -0.369 e. The molecule has 0 spiro atoms. The third-order valence-corrected chi connectivity index (χ3v) is 2.84. The van der Waals surface area contributed by atoms with Crippen LogP contribution in [0.5, 0.6) is 0 Å². The highest BCUT2D eigenvalue weighted by molar-refractivity contribution is 7.99. The van der Waals surface area contributed by atoms with E-state index >= 15 is 0 Å². The molecule has 0 aromatic carbocycles. The summed E-state index contributed by atoms with van der Waals surface area (Å²) < 4.78 is 0. The minimum atomic E-state index is 0.199. The Labute approximate surface area is 93.2 Å². The van der Waals surface area contributed by atoms with Crippen LogP contribution in [0.4, 0.5) is 17.6 Å². The maximum Gasteiger partial charge on any atom is 0.223 e. The van der Waals surface area contributed by atoms with Gasteiger partial charge in [0.05, 0.1) is 0 Å². The van der Waals surface area contributed by atoms with Crippen LogP contribution in [0, 0.1) is 0 Å². The van der Waals surface area contributed by atoms with Gasteiger partial charge in [-0.15, -0.1) is 0 Å². The van der Waals surface area contributed by atoms with E-state index in [9.17, 15) is 0 Å². The molecule has 1 unspecified atom stereocenters. The number of hydrogen-bond acceptors (Lipinski definition) is 7. The number of thioether (sulfide) groups is 1. The fourth-order valence-corrected chi connectivity index (χ4v) is 1.21. The summed E-state index contributed by atoms with van der Waals surface area (Å²) in [6.45, 7) is 2.95. The lowest BCUT2D eigenvalue weighted by molar-refractivity contribution is 0.987. The third kappa shape index (κ3) is 3.80. The summed E-state index contributed by atoms with van der Waals surface area (Å²) in [7, 11) is 0. The summed E-state index contributed by atoms with van der Waals surface area (Å²) in [5, 5.41) is 3.67. The monoisotopic (exact) mass is 228 g/mol. The lowest BCUT2D eigenvalue weighted by Gasteiger charge is -2.11. The SMILES string of the molecule is CSC(C)CNc1cc(NN)nc(N)n1. The fourth-order valence-electron chi connectivity index (χ4n) is 0.962. The normalized spacial score (nSPS) is 12.2. The number of nitrogen functional groups attached to an aromatic ring is 2. The second kappa shape index (κ2) is 5.62. The van der Waals surface area contributed by atoms with Gasteiger partial charge in [-0.3, -0.25) is 0 Å². The molecule has 0 bridgehead atoms. The highest BCUT2D eigenvalue weighted by atomic mass is 32.2. The summed E-state index contributed by atoms with van der Waals surface area (Å²) in [5.74, 6) is 6.62. The molecular weight excluding hydrogens is 212 g/mol. The number of nitrogens with two attached hydrogens (primary N) is 2. The number of rotatable bonds is 5. The van der Waals surface area contributed by atoms with Crippen molar-refractivity contribution in [3.05, 3.63) is 6.07 Å². The fraction of sp³-hybridized carbons (Fsp3) is 0.500. The first-order chi connectivity index (χ1) is 7.15. The van der Waals surface area contributed by atoms with E-state index < -0.39 is 0 Å². The molecule has 0 fully saturated rings. The molecule has 0 aliphatic rings. The van der Waals surface area contributed by atoms with Gasteiger partial charge in [0, 0.05) is 17.9 Å². The molecule has 0 radical (unpaired) electrons. The van der Waals surface area contributed by atoms with Crippen molar-refractivity contribution in [1.29, 1.82) is 0 Å². The van der Waals surface area contributed by atoms with Crippen LogP contribution >= 0.6 is 11.8 Å². The van der Waals surface area contributed by atoms with Crippen LogP contribution in [0.1, 0.15) is 6.92 Å². The van der Waals surface area contributed by atoms with Crippen LogP contribution in [0.3, 0.4) is 0 Å². The molecule has 1 atom stereocenters. The van der Waals surface area contributed by atoms with Crippen molar-refractivity contribution in [3.63, 3.8) is 0 Å². The molecule has 0 aliphatic carbocycles. The van der Waals surface area contributed by atoms with Crippen molar-refractivity contribution >= 4 is 29.3 Å². The zero-order valence-corrected chi connectivity index (χ0v) is 9.64. The van der Waals surface area contributed by atoms with Gasteiger partial charge in [0.1, 0.15) is 11.6 Å². The van der Waals surface area contributed by atoms with Crippen LogP contribution in [-0.4, -0.2) is 28.0 Å². The van der Waals surface area contributed by atoms with E-state index in [4.69, 9.17) is 11.6 Å². The van der Waals surface area contributed by atoms with Crippen LogP contribution in [0.25, 0.3) is 0 Å². The summed E-state index contributed by atoms with van der Waals surface area (Å²) >= 11 is 1.78. The smallest absolute Gasteiger partial charge is 0.223 e. The molecule has 1 aromatic rings. The van der Waals surface area contributed by atoms with Crippen LogP contribution < -0.4 is 22.3 Å². The molecule has 0 aliphatic heterocycles. The van der Waals surface area contributed by atoms with Crippen molar-refractivity contribution < 1.29 is 0 Å². The van der Waals surface area contributed by atoms with Gasteiger partial charge in [-0.2, -0.15) is 21.7 Å². The van der Waals surface area contributed by atoms with Gasteiger partial charge in [0.2, 0.25) is 5.95 Å². The van der Waals surface area contributed by atoms with Crippen molar-refractivity contribution in [1.82, 2.24) is 9.97 Å². The molecular formula is C8H16N6S. The molecule has 7 heteroatoms. The number of hydrazine groups is 1. The van der Waals surface area contributed by atoms with Crippen molar-refractivity contribution in [2.75, 3.05) is 29.3 Å². The summed E-state index contributed by atoms with van der Waals surface area (Å²) in [5.41, 5.74) is 7.94. The Morgan fingerprint density at radius 1 is 1.47 bits per heavy atom. The molecule has 1 heterocycles. The molecule has 0 saturated heterocycles. The van der Waals surface area contributed by atoms with E-state index in [0.29, 0.717) is 16.9 Å². The van der Waals surface area contributed by atoms with E-state index in [1.54, 1.807) is 17.8 Å². The Balaban J connectivity index is 2.64.